The van der Waals surface area contributed by atoms with Gasteiger partial charge in [0.25, 0.3) is 0 Å². The standard InChI is InChI=1S/C14H22N2O2S/c1-11(2)16-14(3,13(17)18)7-4-10-19-12-5-8-15-9-6-12/h5-6,8-9,11,16H,4,7,10H2,1-3H3,(H,17,18). The zero-order valence-corrected chi connectivity index (χ0v) is 12.5. The molecule has 2 N–H and O–H groups in total. The number of thioether (sulfide) groups is 1. The van der Waals surface area contributed by atoms with Gasteiger partial charge in [0, 0.05) is 23.3 Å². The molecule has 106 valence electrons. The van der Waals surface area contributed by atoms with Crippen molar-refractivity contribution in [2.45, 2.75) is 50.1 Å². The van der Waals surface area contributed by atoms with E-state index in [-0.39, 0.29) is 6.04 Å². The van der Waals surface area contributed by atoms with Crippen molar-refractivity contribution in [3.8, 4) is 0 Å². The molecule has 0 saturated heterocycles. The summed E-state index contributed by atoms with van der Waals surface area (Å²) in [6.07, 6.45) is 5.02. The third-order valence-electron chi connectivity index (χ3n) is 2.82. The molecule has 0 aliphatic carbocycles. The van der Waals surface area contributed by atoms with Crippen LogP contribution in [0.4, 0.5) is 0 Å². The van der Waals surface area contributed by atoms with Gasteiger partial charge in [-0.05, 0) is 51.5 Å². The van der Waals surface area contributed by atoms with Gasteiger partial charge in [0.15, 0.2) is 0 Å². The summed E-state index contributed by atoms with van der Waals surface area (Å²) in [5.74, 6) is 0.127. The average molecular weight is 282 g/mol. The zero-order chi connectivity index (χ0) is 14.3. The molecule has 4 nitrogen and oxygen atoms in total. The van der Waals surface area contributed by atoms with E-state index >= 15 is 0 Å². The number of carboxylic acids is 1. The van der Waals surface area contributed by atoms with Crippen LogP contribution >= 0.6 is 11.8 Å². The number of hydrogen-bond acceptors (Lipinski definition) is 4. The Morgan fingerprint density at radius 2 is 2.11 bits per heavy atom. The first-order valence-corrected chi connectivity index (χ1v) is 7.46. The molecule has 0 amide bonds. The van der Waals surface area contributed by atoms with Crippen LogP contribution in [0.2, 0.25) is 0 Å². The van der Waals surface area contributed by atoms with Gasteiger partial charge in [-0.2, -0.15) is 0 Å². The van der Waals surface area contributed by atoms with E-state index in [0.717, 1.165) is 12.2 Å². The molecule has 1 aromatic heterocycles. The van der Waals surface area contributed by atoms with Crippen molar-refractivity contribution in [3.05, 3.63) is 24.5 Å². The molecule has 0 radical (unpaired) electrons. The fraction of sp³-hybridized carbons (Fsp3) is 0.571. The molecule has 0 aromatic carbocycles. The van der Waals surface area contributed by atoms with Gasteiger partial charge in [0.2, 0.25) is 0 Å². The lowest BCUT2D eigenvalue weighted by Gasteiger charge is -2.28. The predicted molar refractivity (Wildman–Crippen MR) is 78.5 cm³/mol. The van der Waals surface area contributed by atoms with Crippen molar-refractivity contribution in [3.63, 3.8) is 0 Å². The lowest BCUT2D eigenvalue weighted by molar-refractivity contribution is -0.144. The van der Waals surface area contributed by atoms with E-state index in [9.17, 15) is 9.90 Å². The number of hydrogen-bond donors (Lipinski definition) is 2. The lowest BCUT2D eigenvalue weighted by Crippen LogP contribution is -2.52. The maximum absolute atomic E-state index is 11.3. The maximum Gasteiger partial charge on any atom is 0.323 e. The molecule has 1 rings (SSSR count). The molecular formula is C14H22N2O2S. The van der Waals surface area contributed by atoms with Crippen LogP contribution in [-0.2, 0) is 4.79 Å². The van der Waals surface area contributed by atoms with Crippen molar-refractivity contribution in [1.29, 1.82) is 0 Å². The van der Waals surface area contributed by atoms with Gasteiger partial charge in [-0.1, -0.05) is 0 Å². The molecule has 0 aliphatic rings. The number of carbonyl (C=O) groups is 1. The van der Waals surface area contributed by atoms with Gasteiger partial charge in [-0.3, -0.25) is 15.1 Å². The first-order valence-electron chi connectivity index (χ1n) is 6.48. The number of aliphatic carboxylic acids is 1. The molecule has 1 heterocycles. The van der Waals surface area contributed by atoms with E-state index < -0.39 is 11.5 Å². The van der Waals surface area contributed by atoms with E-state index in [0.29, 0.717) is 6.42 Å². The molecule has 0 fully saturated rings. The van der Waals surface area contributed by atoms with E-state index in [1.807, 2.05) is 26.0 Å². The Bertz CT molecular complexity index is 398. The monoisotopic (exact) mass is 282 g/mol. The van der Waals surface area contributed by atoms with Crippen LogP contribution in [0.3, 0.4) is 0 Å². The minimum atomic E-state index is -0.840. The quantitative estimate of drug-likeness (QED) is 0.567. The highest BCUT2D eigenvalue weighted by Gasteiger charge is 2.32. The van der Waals surface area contributed by atoms with Crippen LogP contribution < -0.4 is 5.32 Å². The molecule has 1 unspecified atom stereocenters. The Morgan fingerprint density at radius 3 is 2.63 bits per heavy atom. The van der Waals surface area contributed by atoms with Gasteiger partial charge in [-0.15, -0.1) is 11.8 Å². The predicted octanol–water partition coefficient (Wildman–Crippen LogP) is 2.80. The minimum absolute atomic E-state index is 0.161. The van der Waals surface area contributed by atoms with Crippen molar-refractivity contribution in [2.24, 2.45) is 0 Å². The Kier molecular flexibility index (Phi) is 6.31. The highest BCUT2D eigenvalue weighted by Crippen LogP contribution is 2.21. The molecular weight excluding hydrogens is 260 g/mol. The Labute approximate surface area is 119 Å². The molecule has 19 heavy (non-hydrogen) atoms. The summed E-state index contributed by atoms with van der Waals surface area (Å²) in [6, 6.07) is 4.09. The van der Waals surface area contributed by atoms with Crippen LogP contribution in [0.1, 0.15) is 33.6 Å². The van der Waals surface area contributed by atoms with E-state index in [4.69, 9.17) is 0 Å². The Hall–Kier alpha value is -1.07. The Morgan fingerprint density at radius 1 is 1.47 bits per heavy atom. The number of aromatic nitrogens is 1. The second-order valence-corrected chi connectivity index (χ2v) is 6.24. The minimum Gasteiger partial charge on any atom is -0.480 e. The first kappa shape index (κ1) is 16.0. The fourth-order valence-corrected chi connectivity index (χ4v) is 2.77. The number of nitrogens with one attached hydrogen (secondary N) is 1. The summed E-state index contributed by atoms with van der Waals surface area (Å²) in [7, 11) is 0. The summed E-state index contributed by atoms with van der Waals surface area (Å²) >= 11 is 1.73. The van der Waals surface area contributed by atoms with Crippen LogP contribution in [-0.4, -0.2) is 33.4 Å². The van der Waals surface area contributed by atoms with Crippen LogP contribution in [0, 0.1) is 0 Å². The summed E-state index contributed by atoms with van der Waals surface area (Å²) in [5, 5.41) is 12.5. The molecule has 1 aromatic rings. The van der Waals surface area contributed by atoms with Crippen LogP contribution in [0.25, 0.3) is 0 Å². The van der Waals surface area contributed by atoms with E-state index in [1.165, 1.54) is 4.90 Å². The lowest BCUT2D eigenvalue weighted by atomic mass is 9.95. The number of nitrogens with zero attached hydrogens (tertiary/aromatic N) is 1. The van der Waals surface area contributed by atoms with Gasteiger partial charge in [-0.25, -0.2) is 0 Å². The number of carboxylic acid groups (broad SMARTS) is 1. The van der Waals surface area contributed by atoms with Gasteiger partial charge in [0.1, 0.15) is 5.54 Å². The summed E-state index contributed by atoms with van der Waals surface area (Å²) in [4.78, 5) is 16.5. The van der Waals surface area contributed by atoms with Crippen molar-refractivity contribution in [2.75, 3.05) is 5.75 Å². The van der Waals surface area contributed by atoms with Gasteiger partial charge < -0.3 is 5.11 Å². The van der Waals surface area contributed by atoms with Gasteiger partial charge in [0.05, 0.1) is 0 Å². The molecule has 0 spiro atoms. The topological polar surface area (TPSA) is 62.2 Å². The molecule has 0 saturated carbocycles. The average Bonchev–Trinajstić information content (AvgIpc) is 2.35. The molecule has 5 heteroatoms. The van der Waals surface area contributed by atoms with Crippen molar-refractivity contribution < 1.29 is 9.90 Å². The van der Waals surface area contributed by atoms with Crippen LogP contribution in [0.15, 0.2) is 29.4 Å². The highest BCUT2D eigenvalue weighted by molar-refractivity contribution is 7.99. The fourth-order valence-electron chi connectivity index (χ4n) is 1.93. The summed E-state index contributed by atoms with van der Waals surface area (Å²) < 4.78 is 0. The second kappa shape index (κ2) is 7.50. The highest BCUT2D eigenvalue weighted by atomic mass is 32.2. The van der Waals surface area contributed by atoms with Crippen molar-refractivity contribution >= 4 is 17.7 Å². The zero-order valence-electron chi connectivity index (χ0n) is 11.7. The van der Waals surface area contributed by atoms with E-state index in [1.54, 1.807) is 31.1 Å². The normalized spacial score (nSPS) is 14.3. The van der Waals surface area contributed by atoms with Crippen LogP contribution in [0.5, 0.6) is 0 Å². The smallest absolute Gasteiger partial charge is 0.323 e. The Balaban J connectivity index is 2.39. The number of pyridine rings is 1. The third kappa shape index (κ3) is 5.61. The third-order valence-corrected chi connectivity index (χ3v) is 3.92. The summed E-state index contributed by atoms with van der Waals surface area (Å²) in [6.45, 7) is 5.69. The second-order valence-electron chi connectivity index (χ2n) is 5.07. The molecule has 0 bridgehead atoms. The summed E-state index contributed by atoms with van der Waals surface area (Å²) in [5.41, 5.74) is -0.840. The van der Waals surface area contributed by atoms with Gasteiger partial charge >= 0.3 is 5.97 Å². The molecule has 1 atom stereocenters. The largest absolute Gasteiger partial charge is 0.480 e. The van der Waals surface area contributed by atoms with E-state index in [2.05, 4.69) is 10.3 Å². The molecule has 0 aliphatic heterocycles. The van der Waals surface area contributed by atoms with Crippen molar-refractivity contribution in [1.82, 2.24) is 10.3 Å². The first-order chi connectivity index (χ1) is 8.94. The maximum atomic E-state index is 11.3. The SMILES string of the molecule is CC(C)NC(C)(CCCSc1ccncc1)C(=O)O. The number of rotatable bonds is 8.